The van der Waals surface area contributed by atoms with Gasteiger partial charge in [0, 0.05) is 0 Å². The highest BCUT2D eigenvalue weighted by Crippen LogP contribution is 2.23. The van der Waals surface area contributed by atoms with E-state index >= 15 is 0 Å². The summed E-state index contributed by atoms with van der Waals surface area (Å²) in [6, 6.07) is 0. The zero-order chi connectivity index (χ0) is 6.10. The molecule has 2 heterocycles. The second-order valence-electron chi connectivity index (χ2n) is 1.47. The Labute approximate surface area is 61.6 Å². The highest BCUT2D eigenvalue weighted by molar-refractivity contribution is 14.2. The summed E-state index contributed by atoms with van der Waals surface area (Å²) >= 11 is -0.210. The molecular weight excluding hydrogens is 231 g/mol. The van der Waals surface area contributed by atoms with Gasteiger partial charge in [-0.1, -0.05) is 0 Å². The smallest absolute Gasteiger partial charge is 0.186 e. The van der Waals surface area contributed by atoms with Crippen molar-refractivity contribution in [1.82, 2.24) is 9.97 Å². The number of aromatic nitrogens is 2. The van der Waals surface area contributed by atoms with E-state index in [9.17, 15) is 0 Å². The molecule has 5 heteroatoms. The maximum atomic E-state index is 4.04. The van der Waals surface area contributed by atoms with Crippen molar-refractivity contribution < 1.29 is 0 Å². The lowest BCUT2D eigenvalue weighted by molar-refractivity contribution is 1.29. The van der Waals surface area contributed by atoms with E-state index in [0.29, 0.717) is 0 Å². The molecular formula is C4H3IN4. The van der Waals surface area contributed by atoms with Gasteiger partial charge in [-0.2, -0.15) is 0 Å². The number of nitrogens with zero attached hydrogens (tertiary/aromatic N) is 3. The van der Waals surface area contributed by atoms with Crippen LogP contribution in [0.1, 0.15) is 0 Å². The molecule has 0 aliphatic carbocycles. The van der Waals surface area contributed by atoms with Crippen LogP contribution in [0.25, 0.3) is 0 Å². The van der Waals surface area contributed by atoms with Gasteiger partial charge in [0.2, 0.25) is 0 Å². The van der Waals surface area contributed by atoms with E-state index < -0.39 is 0 Å². The van der Waals surface area contributed by atoms with Crippen LogP contribution in [0.2, 0.25) is 0 Å². The molecule has 0 bridgehead atoms. The van der Waals surface area contributed by atoms with Gasteiger partial charge in [0.1, 0.15) is 10.0 Å². The van der Waals surface area contributed by atoms with Gasteiger partial charge in [0.05, 0.1) is 27.4 Å². The van der Waals surface area contributed by atoms with Gasteiger partial charge in [-0.25, -0.2) is 13.1 Å². The van der Waals surface area contributed by atoms with Crippen molar-refractivity contribution in [3.63, 3.8) is 0 Å². The van der Waals surface area contributed by atoms with E-state index in [4.69, 9.17) is 0 Å². The molecule has 0 saturated heterocycles. The first-order valence-electron chi connectivity index (χ1n) is 2.37. The maximum Gasteiger partial charge on any atom is 0.186 e. The summed E-state index contributed by atoms with van der Waals surface area (Å²) in [4.78, 5) is 10.9. The fourth-order valence-corrected chi connectivity index (χ4v) is 1.87. The highest BCUT2D eigenvalue weighted by Gasteiger charge is 2.02. The van der Waals surface area contributed by atoms with Gasteiger partial charge >= 0.3 is 0 Å². The van der Waals surface area contributed by atoms with Crippen molar-refractivity contribution >= 4 is 33.2 Å². The van der Waals surface area contributed by atoms with Crippen molar-refractivity contribution in [3.8, 4) is 0 Å². The summed E-state index contributed by atoms with van der Waals surface area (Å²) in [6.07, 6.45) is 3.24. The van der Waals surface area contributed by atoms with Crippen molar-refractivity contribution in [2.75, 3.05) is 0 Å². The molecule has 4 nitrogen and oxygen atoms in total. The number of nitrogens with one attached hydrogen (secondary N) is 1. The fourth-order valence-electron chi connectivity index (χ4n) is 0.571. The third kappa shape index (κ3) is 0.805. The Balaban J connectivity index is 2.68. The Morgan fingerprint density at radius 3 is 3.44 bits per heavy atom. The summed E-state index contributed by atoms with van der Waals surface area (Å²) in [7, 11) is 0. The molecule has 9 heavy (non-hydrogen) atoms. The van der Waals surface area contributed by atoms with Gasteiger partial charge in [-0.3, -0.25) is 0 Å². The summed E-state index contributed by atoms with van der Waals surface area (Å²) in [5, 5.41) is 0. The van der Waals surface area contributed by atoms with E-state index in [-0.39, 0.29) is 21.0 Å². The zero-order valence-electron chi connectivity index (χ0n) is 4.37. The molecule has 1 aliphatic heterocycles. The molecule has 0 aromatic carbocycles. The first-order valence-corrected chi connectivity index (χ1v) is 4.41. The average Bonchev–Trinajstić information content (AvgIpc) is 2.33. The second-order valence-corrected chi connectivity index (χ2v) is 3.59. The standard InChI is InChI=1S/C4H3IN4/c1-6-3-4(7-1)8-2-9-5-3/h1-2H,(H,6,7,8,9). The van der Waals surface area contributed by atoms with Gasteiger partial charge in [0.25, 0.3) is 0 Å². The lowest BCUT2D eigenvalue weighted by Gasteiger charge is -1.89. The SMILES string of the molecule is C1=Nc2nc[nH]c2I=N1. The molecule has 1 aromatic heterocycles. The van der Waals surface area contributed by atoms with Crippen molar-refractivity contribution in [3.05, 3.63) is 10.0 Å². The highest BCUT2D eigenvalue weighted by atomic mass is 127. The number of fused-ring (bicyclic) bond motifs is 1. The van der Waals surface area contributed by atoms with Crippen LogP contribution in [0.5, 0.6) is 0 Å². The zero-order valence-corrected chi connectivity index (χ0v) is 6.53. The van der Waals surface area contributed by atoms with E-state index in [1.54, 1.807) is 12.7 Å². The Morgan fingerprint density at radius 2 is 2.56 bits per heavy atom. The number of hydrogen-bond acceptors (Lipinski definition) is 3. The molecule has 0 radical (unpaired) electrons. The van der Waals surface area contributed by atoms with Gasteiger partial charge < -0.3 is 4.98 Å². The predicted molar refractivity (Wildman–Crippen MR) is 41.9 cm³/mol. The monoisotopic (exact) mass is 234 g/mol. The molecule has 1 N–H and O–H groups in total. The van der Waals surface area contributed by atoms with Crippen LogP contribution in [0.15, 0.2) is 14.5 Å². The molecule has 0 saturated carbocycles. The van der Waals surface area contributed by atoms with Crippen LogP contribution in [-0.2, 0) is 0 Å². The van der Waals surface area contributed by atoms with Crippen LogP contribution < -0.4 is 0 Å². The molecule has 0 fully saturated rings. The number of aliphatic imine (C=N–C) groups is 1. The lowest BCUT2D eigenvalue weighted by atomic mass is 10.8. The number of H-pyrrole nitrogens is 1. The molecule has 0 amide bonds. The van der Waals surface area contributed by atoms with Crippen molar-refractivity contribution in [2.24, 2.45) is 8.14 Å². The number of rotatable bonds is 0. The third-order valence-electron chi connectivity index (χ3n) is 0.931. The van der Waals surface area contributed by atoms with E-state index in [0.717, 1.165) is 9.52 Å². The Morgan fingerprint density at radius 1 is 1.56 bits per heavy atom. The molecule has 0 atom stereocenters. The largest absolute Gasteiger partial charge is 0.337 e. The quantitative estimate of drug-likeness (QED) is 0.678. The first-order chi connectivity index (χ1) is 4.47. The number of aromatic amines is 1. The van der Waals surface area contributed by atoms with Gasteiger partial charge in [-0.05, 0) is 0 Å². The number of hydrogen-bond donors (Lipinski definition) is 1. The molecule has 2 rings (SSSR count). The summed E-state index contributed by atoms with van der Waals surface area (Å²) in [5.41, 5.74) is 0. The van der Waals surface area contributed by atoms with E-state index in [1.807, 2.05) is 0 Å². The molecule has 46 valence electrons. The van der Waals surface area contributed by atoms with Gasteiger partial charge in [0.15, 0.2) is 5.82 Å². The summed E-state index contributed by atoms with van der Waals surface area (Å²) < 4.78 is 5.15. The first kappa shape index (κ1) is 5.21. The minimum Gasteiger partial charge on any atom is -0.337 e. The molecule has 1 aliphatic rings. The molecule has 1 aromatic rings. The Hall–Kier alpha value is -0.590. The molecule has 0 spiro atoms. The second kappa shape index (κ2) is 1.98. The minimum absolute atomic E-state index is 0.210. The normalized spacial score (nSPS) is 14.7. The Kier molecular flexibility index (Phi) is 1.15. The van der Waals surface area contributed by atoms with Crippen LogP contribution in [0.4, 0.5) is 5.82 Å². The van der Waals surface area contributed by atoms with Gasteiger partial charge in [-0.15, -0.1) is 0 Å². The van der Waals surface area contributed by atoms with Crippen molar-refractivity contribution in [2.45, 2.75) is 0 Å². The maximum absolute atomic E-state index is 4.04. The van der Waals surface area contributed by atoms with Crippen LogP contribution in [0, 0.1) is 3.70 Å². The van der Waals surface area contributed by atoms with Crippen LogP contribution >= 0.6 is 21.0 Å². The molecule has 0 unspecified atom stereocenters. The number of imidazole rings is 1. The topological polar surface area (TPSA) is 53.4 Å². The fraction of sp³-hybridized carbons (Fsp3) is 0. The van der Waals surface area contributed by atoms with Crippen molar-refractivity contribution in [1.29, 1.82) is 0 Å². The summed E-state index contributed by atoms with van der Waals surface area (Å²) in [6.45, 7) is 0. The number of halogens is 1. The Bertz CT molecular complexity index is 247. The third-order valence-corrected chi connectivity index (χ3v) is 2.74. The van der Waals surface area contributed by atoms with Crippen LogP contribution in [-0.4, -0.2) is 16.3 Å². The summed E-state index contributed by atoms with van der Waals surface area (Å²) in [5.74, 6) is 0.817. The van der Waals surface area contributed by atoms with E-state index in [1.165, 1.54) is 0 Å². The predicted octanol–water partition coefficient (Wildman–Crippen LogP) is 1.41. The average molecular weight is 234 g/mol. The lowest BCUT2D eigenvalue weighted by Crippen LogP contribution is -1.74. The minimum atomic E-state index is -0.210. The van der Waals surface area contributed by atoms with E-state index in [2.05, 4.69) is 18.1 Å². The van der Waals surface area contributed by atoms with Crippen LogP contribution in [0.3, 0.4) is 0 Å².